The number of hydrogen-bond donors (Lipinski definition) is 2. The van der Waals surface area contributed by atoms with Crippen LogP contribution >= 0.6 is 24.8 Å². The van der Waals surface area contributed by atoms with Crippen molar-refractivity contribution in [1.82, 2.24) is 9.97 Å². The summed E-state index contributed by atoms with van der Waals surface area (Å²) in [6, 6.07) is 0. The molecule has 7 heteroatoms. The Hall–Kier alpha value is -0.650. The van der Waals surface area contributed by atoms with Crippen LogP contribution in [0.1, 0.15) is 12.6 Å². The molecule has 15 heavy (non-hydrogen) atoms. The number of aromatic nitrogens is 2. The van der Waals surface area contributed by atoms with Gasteiger partial charge in [0.2, 0.25) is 0 Å². The first-order chi connectivity index (χ1) is 6.29. The molecule has 0 aromatic carbocycles. The van der Waals surface area contributed by atoms with Gasteiger partial charge in [-0.15, -0.1) is 24.8 Å². The van der Waals surface area contributed by atoms with E-state index in [4.69, 9.17) is 5.73 Å². The van der Waals surface area contributed by atoms with Crippen molar-refractivity contribution in [2.75, 3.05) is 18.4 Å². The summed E-state index contributed by atoms with van der Waals surface area (Å²) in [5.74, 6) is -0.143. The van der Waals surface area contributed by atoms with Crippen molar-refractivity contribution in [1.29, 1.82) is 0 Å². The van der Waals surface area contributed by atoms with E-state index in [-0.39, 0.29) is 36.4 Å². The molecule has 1 rings (SSSR count). The van der Waals surface area contributed by atoms with Crippen LogP contribution in [0.4, 0.5) is 10.2 Å². The van der Waals surface area contributed by atoms with E-state index in [0.29, 0.717) is 25.2 Å². The van der Waals surface area contributed by atoms with E-state index in [1.807, 2.05) is 6.92 Å². The van der Waals surface area contributed by atoms with Gasteiger partial charge in [-0.2, -0.15) is 0 Å². The normalized spacial score (nSPS) is 8.73. The van der Waals surface area contributed by atoms with Crippen LogP contribution in [0.15, 0.2) is 6.33 Å². The maximum absolute atomic E-state index is 13.4. The van der Waals surface area contributed by atoms with E-state index in [0.717, 1.165) is 0 Å². The first-order valence-corrected chi connectivity index (χ1v) is 4.23. The number of nitrogens with one attached hydrogen (secondary N) is 1. The van der Waals surface area contributed by atoms with Crippen LogP contribution < -0.4 is 11.1 Å². The van der Waals surface area contributed by atoms with Crippen LogP contribution in [-0.4, -0.2) is 23.1 Å². The highest BCUT2D eigenvalue weighted by Crippen LogP contribution is 2.12. The van der Waals surface area contributed by atoms with Crippen molar-refractivity contribution in [2.45, 2.75) is 13.3 Å². The van der Waals surface area contributed by atoms with Crippen LogP contribution in [0.25, 0.3) is 0 Å². The Balaban J connectivity index is 0. The predicted molar refractivity (Wildman–Crippen MR) is 63.4 cm³/mol. The fraction of sp³-hybridized carbons (Fsp3) is 0.500. The predicted octanol–water partition coefficient (Wildman–Crippen LogP) is 1.39. The number of anilines is 1. The Bertz CT molecular complexity index is 285. The second-order valence-corrected chi connectivity index (χ2v) is 2.55. The van der Waals surface area contributed by atoms with Gasteiger partial charge in [0, 0.05) is 13.1 Å². The van der Waals surface area contributed by atoms with Gasteiger partial charge in [-0.05, 0) is 6.42 Å². The maximum atomic E-state index is 13.4. The van der Waals surface area contributed by atoms with Crippen LogP contribution in [0.3, 0.4) is 0 Å². The SMILES string of the molecule is CCc1ncnc(NCCN)c1F.Cl.Cl. The zero-order valence-electron chi connectivity index (χ0n) is 8.36. The summed E-state index contributed by atoms with van der Waals surface area (Å²) in [5.41, 5.74) is 5.69. The number of nitrogens with zero attached hydrogens (tertiary/aromatic N) is 2. The Morgan fingerprint density at radius 1 is 1.40 bits per heavy atom. The average molecular weight is 257 g/mol. The maximum Gasteiger partial charge on any atom is 0.186 e. The van der Waals surface area contributed by atoms with Crippen molar-refractivity contribution >= 4 is 30.6 Å². The highest BCUT2D eigenvalue weighted by molar-refractivity contribution is 5.85. The molecule has 0 atom stereocenters. The van der Waals surface area contributed by atoms with Crippen LogP contribution in [0.2, 0.25) is 0 Å². The number of nitrogens with two attached hydrogens (primary N) is 1. The number of halogens is 3. The van der Waals surface area contributed by atoms with Gasteiger partial charge in [0.25, 0.3) is 0 Å². The Morgan fingerprint density at radius 3 is 2.60 bits per heavy atom. The van der Waals surface area contributed by atoms with Crippen LogP contribution in [0.5, 0.6) is 0 Å². The molecule has 1 aromatic rings. The lowest BCUT2D eigenvalue weighted by Crippen LogP contribution is -2.15. The topological polar surface area (TPSA) is 63.8 Å². The molecule has 0 fully saturated rings. The highest BCUT2D eigenvalue weighted by atomic mass is 35.5. The lowest BCUT2D eigenvalue weighted by atomic mass is 10.3. The molecule has 0 saturated heterocycles. The molecule has 1 heterocycles. The molecule has 0 spiro atoms. The molecule has 88 valence electrons. The van der Waals surface area contributed by atoms with Gasteiger partial charge in [0.1, 0.15) is 6.33 Å². The molecule has 0 saturated carbocycles. The summed E-state index contributed by atoms with van der Waals surface area (Å²) in [4.78, 5) is 7.58. The molecule has 3 N–H and O–H groups in total. The zero-order chi connectivity index (χ0) is 9.68. The van der Waals surface area contributed by atoms with Gasteiger partial charge in [0.15, 0.2) is 11.6 Å². The third-order valence-electron chi connectivity index (χ3n) is 1.63. The molecular weight excluding hydrogens is 242 g/mol. The van der Waals surface area contributed by atoms with Gasteiger partial charge in [-0.25, -0.2) is 14.4 Å². The van der Waals surface area contributed by atoms with E-state index in [1.54, 1.807) is 0 Å². The Morgan fingerprint density at radius 2 is 2.07 bits per heavy atom. The van der Waals surface area contributed by atoms with Crippen molar-refractivity contribution < 1.29 is 4.39 Å². The molecule has 0 amide bonds. The summed E-state index contributed by atoms with van der Waals surface area (Å²) >= 11 is 0. The number of aryl methyl sites for hydroxylation is 1. The molecule has 0 unspecified atom stereocenters. The van der Waals surface area contributed by atoms with Crippen molar-refractivity contribution in [2.24, 2.45) is 5.73 Å². The molecule has 0 aliphatic rings. The lowest BCUT2D eigenvalue weighted by Gasteiger charge is -2.06. The van der Waals surface area contributed by atoms with Crippen molar-refractivity contribution in [3.05, 3.63) is 17.8 Å². The van der Waals surface area contributed by atoms with Gasteiger partial charge in [-0.1, -0.05) is 6.92 Å². The minimum Gasteiger partial charge on any atom is -0.366 e. The summed E-state index contributed by atoms with van der Waals surface area (Å²) < 4.78 is 13.4. The molecule has 0 bridgehead atoms. The smallest absolute Gasteiger partial charge is 0.186 e. The van der Waals surface area contributed by atoms with Crippen LogP contribution in [-0.2, 0) is 6.42 Å². The average Bonchev–Trinajstić information content (AvgIpc) is 2.16. The van der Waals surface area contributed by atoms with Gasteiger partial charge < -0.3 is 11.1 Å². The van der Waals surface area contributed by atoms with E-state index in [9.17, 15) is 4.39 Å². The fourth-order valence-corrected chi connectivity index (χ4v) is 0.967. The summed E-state index contributed by atoms with van der Waals surface area (Å²) in [5, 5.41) is 2.79. The quantitative estimate of drug-likeness (QED) is 0.855. The van der Waals surface area contributed by atoms with Gasteiger partial charge >= 0.3 is 0 Å². The first-order valence-electron chi connectivity index (χ1n) is 4.23. The van der Waals surface area contributed by atoms with Crippen LogP contribution in [0, 0.1) is 5.82 Å². The molecule has 4 nitrogen and oxygen atoms in total. The van der Waals surface area contributed by atoms with E-state index in [2.05, 4.69) is 15.3 Å². The minimum atomic E-state index is -0.376. The van der Waals surface area contributed by atoms with Crippen molar-refractivity contribution in [3.63, 3.8) is 0 Å². The Kier molecular flexibility index (Phi) is 9.66. The van der Waals surface area contributed by atoms with E-state index >= 15 is 0 Å². The second-order valence-electron chi connectivity index (χ2n) is 2.55. The van der Waals surface area contributed by atoms with E-state index in [1.165, 1.54) is 6.33 Å². The molecular formula is C8H15Cl2FN4. The summed E-state index contributed by atoms with van der Waals surface area (Å²) in [6.07, 6.45) is 1.91. The number of rotatable bonds is 4. The standard InChI is InChI=1S/C8H13FN4.2ClH/c1-2-6-7(9)8(11-4-3-10)13-5-12-6;;/h5H,2-4,10H2,1H3,(H,11,12,13);2*1H. The lowest BCUT2D eigenvalue weighted by molar-refractivity contribution is 0.597. The van der Waals surface area contributed by atoms with Gasteiger partial charge in [-0.3, -0.25) is 0 Å². The largest absolute Gasteiger partial charge is 0.366 e. The monoisotopic (exact) mass is 256 g/mol. The number of hydrogen-bond acceptors (Lipinski definition) is 4. The third-order valence-corrected chi connectivity index (χ3v) is 1.63. The fourth-order valence-electron chi connectivity index (χ4n) is 0.967. The van der Waals surface area contributed by atoms with E-state index < -0.39 is 0 Å². The molecule has 0 radical (unpaired) electrons. The minimum absolute atomic E-state index is 0. The second kappa shape index (κ2) is 8.64. The first kappa shape index (κ1) is 16.8. The van der Waals surface area contributed by atoms with Gasteiger partial charge in [0.05, 0.1) is 5.69 Å². The third kappa shape index (κ3) is 4.59. The summed E-state index contributed by atoms with van der Waals surface area (Å²) in [7, 11) is 0. The molecule has 0 aliphatic heterocycles. The Labute approximate surface area is 101 Å². The molecule has 1 aromatic heterocycles. The highest BCUT2D eigenvalue weighted by Gasteiger charge is 2.07. The van der Waals surface area contributed by atoms with Crippen molar-refractivity contribution in [3.8, 4) is 0 Å². The molecule has 0 aliphatic carbocycles. The summed E-state index contributed by atoms with van der Waals surface area (Å²) in [6.45, 7) is 2.81. The zero-order valence-corrected chi connectivity index (χ0v) is 10.00.